The van der Waals surface area contributed by atoms with Crippen LogP contribution in [0.5, 0.6) is 0 Å². The number of halogens is 1. The summed E-state index contributed by atoms with van der Waals surface area (Å²) < 4.78 is 14.3. The molecule has 2 fully saturated rings. The van der Waals surface area contributed by atoms with E-state index in [2.05, 4.69) is 30.8 Å². The second-order valence-corrected chi connectivity index (χ2v) is 10.2. The van der Waals surface area contributed by atoms with Gasteiger partial charge in [-0.05, 0) is 49.9 Å². The molecule has 9 nitrogen and oxygen atoms in total. The van der Waals surface area contributed by atoms with Crippen LogP contribution in [0.1, 0.15) is 55.0 Å². The van der Waals surface area contributed by atoms with Gasteiger partial charge in [0.1, 0.15) is 22.3 Å². The molecule has 1 saturated heterocycles. The van der Waals surface area contributed by atoms with E-state index in [1.54, 1.807) is 30.6 Å². The van der Waals surface area contributed by atoms with Crippen LogP contribution in [-0.2, 0) is 15.0 Å². The molecule has 4 N–H and O–H groups in total. The first-order valence-corrected chi connectivity index (χ1v) is 12.5. The molecule has 3 aromatic heterocycles. The summed E-state index contributed by atoms with van der Waals surface area (Å²) in [4.78, 5) is 33.4. The van der Waals surface area contributed by atoms with Crippen molar-refractivity contribution in [1.82, 2.24) is 25.5 Å². The quantitative estimate of drug-likeness (QED) is 0.437. The molecular formula is C24H26FN7O2S. The first kappa shape index (κ1) is 23.3. The molecule has 1 aliphatic heterocycles. The lowest BCUT2D eigenvalue weighted by atomic mass is 9.66. The standard InChI is InChI=1S/C24H26FN7O2S/c25-14-4-2-11-27-21(14)24(9-3-10-24)13-29-18-8-7-16(31-32-18)23-28-12-17(35-23)20(22(26)34)15-5-1-6-19(33)30-15/h2,4,7-8,11-12,15,20H,1,3,5-6,9-10,13H2,(H2,26,34)(H,29,32)(H,30,33)/t15-,20?/m1/s1. The maximum Gasteiger partial charge on any atom is 0.227 e. The fraction of sp³-hybridized carbons (Fsp3) is 0.417. The van der Waals surface area contributed by atoms with Crippen molar-refractivity contribution in [2.45, 2.75) is 55.9 Å². The highest BCUT2D eigenvalue weighted by Crippen LogP contribution is 2.43. The highest BCUT2D eigenvalue weighted by Gasteiger charge is 2.42. The Kier molecular flexibility index (Phi) is 6.42. The van der Waals surface area contributed by atoms with Gasteiger partial charge in [-0.2, -0.15) is 0 Å². The van der Waals surface area contributed by atoms with Crippen LogP contribution in [0, 0.1) is 5.82 Å². The molecule has 0 aromatic carbocycles. The number of hydrogen-bond donors (Lipinski definition) is 3. The summed E-state index contributed by atoms with van der Waals surface area (Å²) in [5, 5.41) is 15.3. The van der Waals surface area contributed by atoms with E-state index in [9.17, 15) is 14.0 Å². The van der Waals surface area contributed by atoms with Crippen LogP contribution in [-0.4, -0.2) is 44.6 Å². The number of hydrogen-bond acceptors (Lipinski definition) is 8. The molecule has 35 heavy (non-hydrogen) atoms. The van der Waals surface area contributed by atoms with E-state index >= 15 is 0 Å². The van der Waals surface area contributed by atoms with Crippen LogP contribution in [0.2, 0.25) is 0 Å². The fourth-order valence-corrected chi connectivity index (χ4v) is 5.90. The van der Waals surface area contributed by atoms with E-state index < -0.39 is 11.8 Å². The van der Waals surface area contributed by atoms with Crippen LogP contribution < -0.4 is 16.4 Å². The molecule has 0 spiro atoms. The summed E-state index contributed by atoms with van der Waals surface area (Å²) >= 11 is 1.32. The number of amides is 2. The van der Waals surface area contributed by atoms with Crippen molar-refractivity contribution in [2.24, 2.45) is 5.73 Å². The van der Waals surface area contributed by atoms with Gasteiger partial charge in [-0.1, -0.05) is 6.42 Å². The molecular weight excluding hydrogens is 469 g/mol. The number of carbonyl (C=O) groups excluding carboxylic acids is 2. The van der Waals surface area contributed by atoms with Gasteiger partial charge in [-0.15, -0.1) is 21.5 Å². The summed E-state index contributed by atoms with van der Waals surface area (Å²) in [5.41, 5.74) is 6.40. The number of nitrogens with zero attached hydrogens (tertiary/aromatic N) is 4. The van der Waals surface area contributed by atoms with Crippen molar-refractivity contribution < 1.29 is 14.0 Å². The molecule has 5 rings (SSSR count). The molecule has 11 heteroatoms. The van der Waals surface area contributed by atoms with Gasteiger partial charge in [-0.3, -0.25) is 14.6 Å². The SMILES string of the molecule is NC(=O)C(c1cnc(-c2ccc(NCC3(c4ncccc4F)CCC3)nn2)s1)[C@H]1CCCC(=O)N1. The van der Waals surface area contributed by atoms with Crippen molar-refractivity contribution >= 4 is 29.0 Å². The van der Waals surface area contributed by atoms with Crippen molar-refractivity contribution in [3.05, 3.63) is 53.0 Å². The minimum absolute atomic E-state index is 0.0688. The smallest absolute Gasteiger partial charge is 0.227 e. The van der Waals surface area contributed by atoms with Crippen molar-refractivity contribution in [3.8, 4) is 10.7 Å². The Labute approximate surface area is 205 Å². The Balaban J connectivity index is 1.28. The van der Waals surface area contributed by atoms with E-state index in [1.165, 1.54) is 17.4 Å². The van der Waals surface area contributed by atoms with Gasteiger partial charge in [0.2, 0.25) is 11.8 Å². The van der Waals surface area contributed by atoms with Crippen LogP contribution in [0.15, 0.2) is 36.7 Å². The number of rotatable bonds is 8. The third-order valence-corrected chi connectivity index (χ3v) is 7.97. The van der Waals surface area contributed by atoms with Crippen LogP contribution >= 0.6 is 11.3 Å². The van der Waals surface area contributed by atoms with Gasteiger partial charge >= 0.3 is 0 Å². The first-order valence-electron chi connectivity index (χ1n) is 11.7. The number of pyridine rings is 1. The van der Waals surface area contributed by atoms with E-state index in [-0.39, 0.29) is 23.2 Å². The monoisotopic (exact) mass is 495 g/mol. The fourth-order valence-electron chi connectivity index (χ4n) is 4.85. The highest BCUT2D eigenvalue weighted by molar-refractivity contribution is 7.15. The summed E-state index contributed by atoms with van der Waals surface area (Å²) in [6, 6.07) is 6.32. The number of aromatic nitrogens is 4. The molecule has 2 aliphatic rings. The van der Waals surface area contributed by atoms with Crippen LogP contribution in [0.4, 0.5) is 10.2 Å². The highest BCUT2D eigenvalue weighted by atomic mass is 32.1. The molecule has 4 heterocycles. The molecule has 1 saturated carbocycles. The average Bonchev–Trinajstić information content (AvgIpc) is 3.29. The second-order valence-electron chi connectivity index (χ2n) is 9.14. The van der Waals surface area contributed by atoms with Gasteiger partial charge in [0.15, 0.2) is 0 Å². The maximum atomic E-state index is 14.3. The number of primary amides is 1. The van der Waals surface area contributed by atoms with Crippen molar-refractivity contribution in [2.75, 3.05) is 11.9 Å². The third kappa shape index (κ3) is 4.72. The Morgan fingerprint density at radius 3 is 2.77 bits per heavy atom. The zero-order valence-electron chi connectivity index (χ0n) is 19.0. The normalized spacial score (nSPS) is 19.9. The topological polar surface area (TPSA) is 136 Å². The van der Waals surface area contributed by atoms with Crippen molar-refractivity contribution in [1.29, 1.82) is 0 Å². The number of carbonyl (C=O) groups is 2. The molecule has 2 atom stereocenters. The van der Waals surface area contributed by atoms with E-state index in [1.807, 2.05) is 0 Å². The number of anilines is 1. The summed E-state index contributed by atoms with van der Waals surface area (Å²) in [7, 11) is 0. The minimum atomic E-state index is -0.634. The van der Waals surface area contributed by atoms with Gasteiger partial charge in [0, 0.05) is 41.7 Å². The van der Waals surface area contributed by atoms with Gasteiger partial charge in [-0.25, -0.2) is 9.37 Å². The molecule has 182 valence electrons. The number of piperidine rings is 1. The zero-order chi connectivity index (χ0) is 24.4. The van der Waals surface area contributed by atoms with Crippen molar-refractivity contribution in [3.63, 3.8) is 0 Å². The Hall–Kier alpha value is -3.47. The summed E-state index contributed by atoms with van der Waals surface area (Å²) in [6.07, 6.45) is 7.88. The lowest BCUT2D eigenvalue weighted by Gasteiger charge is -2.41. The van der Waals surface area contributed by atoms with Gasteiger partial charge < -0.3 is 16.4 Å². The van der Waals surface area contributed by atoms with Gasteiger partial charge in [0.25, 0.3) is 0 Å². The van der Waals surface area contributed by atoms with Crippen LogP contribution in [0.3, 0.4) is 0 Å². The zero-order valence-corrected chi connectivity index (χ0v) is 19.9. The predicted octanol–water partition coefficient (Wildman–Crippen LogP) is 2.91. The van der Waals surface area contributed by atoms with E-state index in [0.29, 0.717) is 46.5 Å². The first-order chi connectivity index (χ1) is 16.9. The summed E-state index contributed by atoms with van der Waals surface area (Å²) in [5.74, 6) is -0.900. The average molecular weight is 496 g/mol. The Bertz CT molecular complexity index is 1230. The molecule has 0 bridgehead atoms. The lowest BCUT2D eigenvalue weighted by Crippen LogP contribution is -2.46. The largest absolute Gasteiger partial charge is 0.369 e. The molecule has 0 radical (unpaired) electrons. The molecule has 2 amide bonds. The maximum absolute atomic E-state index is 14.3. The number of nitrogens with one attached hydrogen (secondary N) is 2. The Morgan fingerprint density at radius 1 is 1.26 bits per heavy atom. The number of thiazole rings is 1. The second kappa shape index (κ2) is 9.65. The van der Waals surface area contributed by atoms with Crippen LogP contribution in [0.25, 0.3) is 10.7 Å². The molecule has 1 aliphatic carbocycles. The van der Waals surface area contributed by atoms with E-state index in [0.717, 1.165) is 25.7 Å². The third-order valence-electron chi connectivity index (χ3n) is 6.87. The molecule has 3 aromatic rings. The van der Waals surface area contributed by atoms with E-state index in [4.69, 9.17) is 5.73 Å². The Morgan fingerprint density at radius 2 is 2.11 bits per heavy atom. The molecule has 1 unspecified atom stereocenters. The lowest BCUT2D eigenvalue weighted by molar-refractivity contribution is -0.125. The number of nitrogens with two attached hydrogens (primary N) is 1. The predicted molar refractivity (Wildman–Crippen MR) is 129 cm³/mol. The van der Waals surface area contributed by atoms with Gasteiger partial charge in [0.05, 0.1) is 11.6 Å². The summed E-state index contributed by atoms with van der Waals surface area (Å²) in [6.45, 7) is 0.518. The minimum Gasteiger partial charge on any atom is -0.369 e.